The zero-order valence-electron chi connectivity index (χ0n) is 15.2. The van der Waals surface area contributed by atoms with Crippen LogP contribution in [0.5, 0.6) is 5.75 Å². The Kier molecular flexibility index (Phi) is 4.12. The fourth-order valence-corrected chi connectivity index (χ4v) is 4.78. The number of hydrogen-bond acceptors (Lipinski definition) is 3. The smallest absolute Gasteiger partial charge is 0.208 e. The SMILES string of the molecule is C[NH+]1CCC2(CC1)Oc1ccccc1[C@H]1CC(c3ccc(Cl)c(Cl)c3)=NN12. The number of ether oxygens (including phenoxy) is 1. The van der Waals surface area contributed by atoms with Crippen molar-refractivity contribution in [3.63, 3.8) is 0 Å². The summed E-state index contributed by atoms with van der Waals surface area (Å²) >= 11 is 12.4. The first-order valence-corrected chi connectivity index (χ1v) is 10.2. The molecule has 3 heterocycles. The minimum atomic E-state index is -0.351. The van der Waals surface area contributed by atoms with Crippen LogP contribution >= 0.6 is 23.2 Å². The second-order valence-corrected chi connectivity index (χ2v) is 8.60. The molecule has 3 aliphatic rings. The number of quaternary nitrogens is 1. The number of piperidine rings is 1. The Bertz CT molecular complexity index is 921. The molecule has 1 N–H and O–H groups in total. The Morgan fingerprint density at radius 3 is 2.67 bits per heavy atom. The van der Waals surface area contributed by atoms with Crippen LogP contribution in [0.4, 0.5) is 0 Å². The summed E-state index contributed by atoms with van der Waals surface area (Å²) in [6, 6.07) is 14.4. The minimum absolute atomic E-state index is 0.206. The molecule has 0 radical (unpaired) electrons. The average Bonchev–Trinajstić information content (AvgIpc) is 3.13. The second-order valence-electron chi connectivity index (χ2n) is 7.78. The molecule has 3 aliphatic heterocycles. The third-order valence-corrected chi connectivity index (χ3v) is 6.78. The van der Waals surface area contributed by atoms with E-state index in [9.17, 15) is 0 Å². The van der Waals surface area contributed by atoms with Gasteiger partial charge >= 0.3 is 0 Å². The molecule has 0 bridgehead atoms. The predicted octanol–water partition coefficient (Wildman–Crippen LogP) is 3.54. The number of halogens is 2. The van der Waals surface area contributed by atoms with Crippen LogP contribution < -0.4 is 9.64 Å². The van der Waals surface area contributed by atoms with E-state index in [1.165, 1.54) is 5.56 Å². The Morgan fingerprint density at radius 1 is 1.11 bits per heavy atom. The normalized spacial score (nSPS) is 29.1. The van der Waals surface area contributed by atoms with E-state index in [0.717, 1.165) is 49.4 Å². The van der Waals surface area contributed by atoms with Crippen LogP contribution in [0.1, 0.15) is 36.4 Å². The lowest BCUT2D eigenvalue weighted by Crippen LogP contribution is -3.11. The zero-order chi connectivity index (χ0) is 18.6. The molecule has 4 nitrogen and oxygen atoms in total. The van der Waals surface area contributed by atoms with E-state index in [-0.39, 0.29) is 11.8 Å². The Morgan fingerprint density at radius 2 is 1.89 bits per heavy atom. The molecule has 0 unspecified atom stereocenters. The van der Waals surface area contributed by atoms with Gasteiger partial charge in [0.2, 0.25) is 5.72 Å². The molecule has 0 saturated carbocycles. The molecule has 1 fully saturated rings. The van der Waals surface area contributed by atoms with E-state index < -0.39 is 0 Å². The van der Waals surface area contributed by atoms with E-state index in [2.05, 4.69) is 36.3 Å². The summed E-state index contributed by atoms with van der Waals surface area (Å²) in [6.45, 7) is 2.17. The van der Waals surface area contributed by atoms with Crippen molar-refractivity contribution in [2.24, 2.45) is 5.10 Å². The van der Waals surface area contributed by atoms with Gasteiger partial charge < -0.3 is 9.64 Å². The van der Waals surface area contributed by atoms with Crippen molar-refractivity contribution in [2.75, 3.05) is 20.1 Å². The number of hydrazone groups is 1. The molecular weight excluding hydrogens is 381 g/mol. The Balaban J connectivity index is 1.58. The first-order chi connectivity index (χ1) is 13.1. The van der Waals surface area contributed by atoms with Gasteiger partial charge in [0.1, 0.15) is 5.75 Å². The molecule has 0 amide bonds. The van der Waals surface area contributed by atoms with Gasteiger partial charge in [-0.1, -0.05) is 47.5 Å². The maximum absolute atomic E-state index is 6.61. The predicted molar refractivity (Wildman–Crippen MR) is 108 cm³/mol. The van der Waals surface area contributed by atoms with E-state index in [1.807, 2.05) is 18.2 Å². The summed E-state index contributed by atoms with van der Waals surface area (Å²) in [4.78, 5) is 1.55. The van der Waals surface area contributed by atoms with Crippen LogP contribution in [0.15, 0.2) is 47.6 Å². The number of hydrogen-bond donors (Lipinski definition) is 1. The highest BCUT2D eigenvalue weighted by atomic mass is 35.5. The molecule has 6 heteroatoms. The number of nitrogens with one attached hydrogen (secondary N) is 1. The topological polar surface area (TPSA) is 29.3 Å². The molecule has 0 aromatic heterocycles. The largest absolute Gasteiger partial charge is 0.466 e. The van der Waals surface area contributed by atoms with Gasteiger partial charge in [0.25, 0.3) is 0 Å². The average molecular weight is 403 g/mol. The number of nitrogens with zero attached hydrogens (tertiary/aromatic N) is 2. The van der Waals surface area contributed by atoms with Gasteiger partial charge in [-0.25, -0.2) is 5.01 Å². The molecule has 140 valence electrons. The lowest BCUT2D eigenvalue weighted by Gasteiger charge is -2.49. The third-order valence-electron chi connectivity index (χ3n) is 6.04. The number of likely N-dealkylation sites (tertiary alicyclic amines) is 1. The highest BCUT2D eigenvalue weighted by molar-refractivity contribution is 6.42. The Hall–Kier alpha value is -1.75. The van der Waals surface area contributed by atoms with E-state index in [1.54, 1.807) is 4.90 Å². The molecular formula is C21H22Cl2N3O+. The second kappa shape index (κ2) is 6.40. The van der Waals surface area contributed by atoms with Crippen LogP contribution in [-0.2, 0) is 0 Å². The quantitative estimate of drug-likeness (QED) is 0.790. The highest BCUT2D eigenvalue weighted by Gasteiger charge is 2.52. The molecule has 2 aromatic rings. The van der Waals surface area contributed by atoms with Crippen LogP contribution in [0, 0.1) is 0 Å². The van der Waals surface area contributed by atoms with Crippen LogP contribution in [0.25, 0.3) is 0 Å². The van der Waals surface area contributed by atoms with Crippen LogP contribution in [-0.4, -0.2) is 36.6 Å². The summed E-state index contributed by atoms with van der Waals surface area (Å²) < 4.78 is 6.61. The standard InChI is InChI=1S/C21H21Cl2N3O/c1-25-10-8-21(9-11-25)26-19(15-4-2-3-5-20(15)27-21)13-18(24-26)14-6-7-16(22)17(23)12-14/h2-7,12,19H,8-11,13H2,1H3/p+1/t19-/m1/s1. The Labute approximate surface area is 169 Å². The number of fused-ring (bicyclic) bond motifs is 4. The molecule has 1 atom stereocenters. The third kappa shape index (κ3) is 2.82. The fourth-order valence-electron chi connectivity index (χ4n) is 4.48. The van der Waals surface area contributed by atoms with Gasteiger partial charge in [0.05, 0.1) is 54.8 Å². The van der Waals surface area contributed by atoms with Crippen molar-refractivity contribution >= 4 is 28.9 Å². The van der Waals surface area contributed by atoms with Gasteiger partial charge in [-0.15, -0.1) is 0 Å². The van der Waals surface area contributed by atoms with Crippen molar-refractivity contribution < 1.29 is 9.64 Å². The van der Waals surface area contributed by atoms with E-state index in [4.69, 9.17) is 33.0 Å². The monoisotopic (exact) mass is 402 g/mol. The maximum Gasteiger partial charge on any atom is 0.208 e. The van der Waals surface area contributed by atoms with Gasteiger partial charge in [0.15, 0.2) is 0 Å². The molecule has 27 heavy (non-hydrogen) atoms. The number of para-hydroxylation sites is 1. The van der Waals surface area contributed by atoms with E-state index in [0.29, 0.717) is 10.0 Å². The van der Waals surface area contributed by atoms with Crippen LogP contribution in [0.2, 0.25) is 10.0 Å². The van der Waals surface area contributed by atoms with E-state index >= 15 is 0 Å². The van der Waals surface area contributed by atoms with Gasteiger partial charge in [0, 0.05) is 12.0 Å². The summed E-state index contributed by atoms with van der Waals surface area (Å²) in [5, 5.41) is 8.44. The van der Waals surface area contributed by atoms with Crippen molar-refractivity contribution in [3.05, 3.63) is 63.6 Å². The summed E-state index contributed by atoms with van der Waals surface area (Å²) in [5.74, 6) is 1.00. The first kappa shape index (κ1) is 17.4. The number of rotatable bonds is 1. The van der Waals surface area contributed by atoms with Crippen molar-refractivity contribution in [3.8, 4) is 5.75 Å². The lowest BCUT2D eigenvalue weighted by molar-refractivity contribution is -0.888. The number of benzene rings is 2. The summed E-state index contributed by atoms with van der Waals surface area (Å²) in [7, 11) is 2.25. The molecule has 0 aliphatic carbocycles. The molecule has 2 aromatic carbocycles. The minimum Gasteiger partial charge on any atom is -0.466 e. The zero-order valence-corrected chi connectivity index (χ0v) is 16.7. The van der Waals surface area contributed by atoms with Crippen LogP contribution in [0.3, 0.4) is 0 Å². The van der Waals surface area contributed by atoms with Gasteiger partial charge in [-0.3, -0.25) is 0 Å². The maximum atomic E-state index is 6.61. The van der Waals surface area contributed by atoms with Crippen molar-refractivity contribution in [1.29, 1.82) is 0 Å². The first-order valence-electron chi connectivity index (χ1n) is 9.47. The van der Waals surface area contributed by atoms with Gasteiger partial charge in [-0.05, 0) is 23.8 Å². The highest BCUT2D eigenvalue weighted by Crippen LogP contribution is 2.49. The summed E-state index contributed by atoms with van der Waals surface area (Å²) in [6.07, 6.45) is 2.80. The van der Waals surface area contributed by atoms with Gasteiger partial charge in [-0.2, -0.15) is 5.10 Å². The molecule has 1 saturated heterocycles. The molecule has 5 rings (SSSR count). The summed E-state index contributed by atoms with van der Waals surface area (Å²) in [5.41, 5.74) is 2.94. The fraction of sp³-hybridized carbons (Fsp3) is 0.381. The molecule has 1 spiro atoms. The lowest BCUT2D eigenvalue weighted by atomic mass is 9.91. The van der Waals surface area contributed by atoms with Crippen molar-refractivity contribution in [1.82, 2.24) is 5.01 Å². The van der Waals surface area contributed by atoms with Crippen molar-refractivity contribution in [2.45, 2.75) is 31.0 Å².